The third-order valence-corrected chi connectivity index (χ3v) is 8.73. The summed E-state index contributed by atoms with van der Waals surface area (Å²) in [6.45, 7) is 0. The van der Waals surface area contributed by atoms with Crippen LogP contribution >= 0.6 is 0 Å². The number of allylic oxidation sites excluding steroid dienone is 1. The first kappa shape index (κ1) is 27.6. The minimum absolute atomic E-state index is 0.105. The van der Waals surface area contributed by atoms with Crippen molar-refractivity contribution in [3.63, 3.8) is 0 Å². The van der Waals surface area contributed by atoms with Crippen LogP contribution in [-0.4, -0.2) is 44.5 Å². The number of nitrogens with one attached hydrogen (secondary N) is 1. The van der Waals surface area contributed by atoms with E-state index in [0.717, 1.165) is 21.9 Å². The standard InChI is InChI=1S/C28H25F3N4O4S/c29-28(30,31)19-3-1-4-21(15-19)34-22-5-2-6-23(36)24(22)25(18-9-7-17(16-32)8-10-18)35(27(34)38)26(37)33-20-11-13-40(39)14-12-20/h1,3-4,7-10,15,20,25H,2,5-6,11-14H2,(H,33,37). The quantitative estimate of drug-likeness (QED) is 0.546. The molecule has 5 rings (SSSR count). The summed E-state index contributed by atoms with van der Waals surface area (Å²) in [5.41, 5.74) is 0.0964. The van der Waals surface area contributed by atoms with Gasteiger partial charge in [-0.2, -0.15) is 18.4 Å². The van der Waals surface area contributed by atoms with Gasteiger partial charge in [-0.25, -0.2) is 14.5 Å². The maximum atomic E-state index is 14.2. The van der Waals surface area contributed by atoms with Crippen LogP contribution in [0, 0.1) is 11.3 Å². The van der Waals surface area contributed by atoms with Gasteiger partial charge in [0.25, 0.3) is 0 Å². The predicted octanol–water partition coefficient (Wildman–Crippen LogP) is 5.19. The van der Waals surface area contributed by atoms with E-state index < -0.39 is 40.6 Å². The van der Waals surface area contributed by atoms with Crippen LogP contribution in [0.4, 0.5) is 28.4 Å². The Morgan fingerprint density at radius 2 is 1.75 bits per heavy atom. The lowest BCUT2D eigenvalue weighted by Gasteiger charge is -2.44. The molecule has 0 spiro atoms. The van der Waals surface area contributed by atoms with Crippen LogP contribution in [0.2, 0.25) is 0 Å². The lowest BCUT2D eigenvalue weighted by Crippen LogP contribution is -2.58. The van der Waals surface area contributed by atoms with E-state index in [9.17, 15) is 37.0 Å². The topological polar surface area (TPSA) is 111 Å². The molecule has 12 heteroatoms. The Balaban J connectivity index is 1.65. The first-order valence-electron chi connectivity index (χ1n) is 12.8. The minimum Gasteiger partial charge on any atom is -0.335 e. The first-order chi connectivity index (χ1) is 19.1. The molecule has 3 aliphatic rings. The lowest BCUT2D eigenvalue weighted by molar-refractivity contribution is -0.137. The van der Waals surface area contributed by atoms with Gasteiger partial charge in [-0.1, -0.05) is 18.2 Å². The van der Waals surface area contributed by atoms with E-state index in [4.69, 9.17) is 0 Å². The third-order valence-electron chi connectivity index (χ3n) is 7.35. The maximum Gasteiger partial charge on any atom is 0.416 e. The van der Waals surface area contributed by atoms with Crippen LogP contribution in [0.25, 0.3) is 0 Å². The van der Waals surface area contributed by atoms with E-state index in [-0.39, 0.29) is 41.6 Å². The molecule has 1 aliphatic carbocycles. The average Bonchev–Trinajstić information content (AvgIpc) is 2.93. The van der Waals surface area contributed by atoms with E-state index in [1.165, 1.54) is 24.3 Å². The number of urea groups is 2. The zero-order valence-corrected chi connectivity index (χ0v) is 22.1. The van der Waals surface area contributed by atoms with Crippen LogP contribution < -0.4 is 10.2 Å². The number of carbonyl (C=O) groups is 3. The minimum atomic E-state index is -4.67. The van der Waals surface area contributed by atoms with E-state index in [0.29, 0.717) is 41.9 Å². The molecule has 4 amide bonds. The molecular weight excluding hydrogens is 545 g/mol. The SMILES string of the molecule is N#Cc1ccc(C2C3=C(CCCC3=O)N(c3cccc(C(F)(F)F)c3)C(=O)N2C(=O)NC2CCS(=O)CC2)cc1. The van der Waals surface area contributed by atoms with Crippen molar-refractivity contribution in [2.24, 2.45) is 0 Å². The Hall–Kier alpha value is -3.98. The largest absolute Gasteiger partial charge is 0.416 e. The monoisotopic (exact) mass is 570 g/mol. The maximum absolute atomic E-state index is 14.2. The number of carbonyl (C=O) groups excluding carboxylic acids is 3. The molecule has 208 valence electrons. The van der Waals surface area contributed by atoms with Gasteiger partial charge in [0.15, 0.2) is 5.78 Å². The van der Waals surface area contributed by atoms with Gasteiger partial charge in [-0.05, 0) is 61.6 Å². The fraction of sp³-hybridized carbons (Fsp3) is 0.357. The smallest absolute Gasteiger partial charge is 0.335 e. The number of hydrogen-bond donors (Lipinski definition) is 1. The molecule has 2 aliphatic heterocycles. The Bertz CT molecular complexity index is 1460. The number of Topliss-reactive ketones (excluding diaryl/α,β-unsaturated/α-hetero) is 1. The molecular formula is C28H25F3N4O4S. The van der Waals surface area contributed by atoms with Crippen LogP contribution in [0.5, 0.6) is 0 Å². The number of ketones is 1. The summed E-state index contributed by atoms with van der Waals surface area (Å²) in [7, 11) is -0.989. The van der Waals surface area contributed by atoms with Crippen LogP contribution in [0.1, 0.15) is 54.8 Å². The van der Waals surface area contributed by atoms with Crippen molar-refractivity contribution in [1.82, 2.24) is 10.2 Å². The summed E-state index contributed by atoms with van der Waals surface area (Å²) in [6, 6.07) is 9.19. The summed E-state index contributed by atoms with van der Waals surface area (Å²) >= 11 is 0. The number of anilines is 1. The molecule has 2 heterocycles. The summed E-state index contributed by atoms with van der Waals surface area (Å²) in [4.78, 5) is 43.3. The Labute approximate surface area is 230 Å². The highest BCUT2D eigenvalue weighted by atomic mass is 32.2. The Morgan fingerprint density at radius 1 is 1.05 bits per heavy atom. The molecule has 40 heavy (non-hydrogen) atoms. The Kier molecular flexibility index (Phi) is 7.51. The van der Waals surface area contributed by atoms with Gasteiger partial charge in [0.05, 0.1) is 28.9 Å². The highest BCUT2D eigenvalue weighted by Crippen LogP contribution is 2.45. The summed E-state index contributed by atoms with van der Waals surface area (Å²) in [6.07, 6.45) is -3.00. The van der Waals surface area contributed by atoms with E-state index >= 15 is 0 Å². The fourth-order valence-electron chi connectivity index (χ4n) is 5.38. The second-order valence-corrected chi connectivity index (χ2v) is 11.6. The summed E-state index contributed by atoms with van der Waals surface area (Å²) in [5.74, 6) is 0.468. The van der Waals surface area contributed by atoms with Gasteiger partial charge < -0.3 is 5.32 Å². The van der Waals surface area contributed by atoms with Gasteiger partial charge in [0, 0.05) is 46.0 Å². The van der Waals surface area contributed by atoms with Crippen molar-refractivity contribution in [1.29, 1.82) is 5.26 Å². The van der Waals surface area contributed by atoms with Gasteiger partial charge in [0.1, 0.15) is 0 Å². The normalized spacial score (nSPS) is 23.5. The molecule has 1 unspecified atom stereocenters. The number of alkyl halides is 3. The number of imide groups is 1. The zero-order chi connectivity index (χ0) is 28.6. The van der Waals surface area contributed by atoms with Gasteiger partial charge >= 0.3 is 18.2 Å². The second kappa shape index (κ2) is 10.9. The molecule has 2 aromatic rings. The number of hydrogen-bond acceptors (Lipinski definition) is 5. The molecule has 0 saturated carbocycles. The van der Waals surface area contributed by atoms with Gasteiger partial charge in [0.2, 0.25) is 0 Å². The van der Waals surface area contributed by atoms with E-state index in [1.54, 1.807) is 12.1 Å². The number of benzene rings is 2. The molecule has 1 fully saturated rings. The first-order valence-corrected chi connectivity index (χ1v) is 14.3. The van der Waals surface area contributed by atoms with E-state index in [2.05, 4.69) is 5.32 Å². The number of nitriles is 1. The fourth-order valence-corrected chi connectivity index (χ4v) is 6.68. The number of halogens is 3. The zero-order valence-electron chi connectivity index (χ0n) is 21.2. The molecule has 8 nitrogen and oxygen atoms in total. The van der Waals surface area contributed by atoms with Crippen molar-refractivity contribution in [3.8, 4) is 6.07 Å². The van der Waals surface area contributed by atoms with Crippen molar-refractivity contribution in [2.75, 3.05) is 16.4 Å². The van der Waals surface area contributed by atoms with Crippen molar-refractivity contribution in [3.05, 3.63) is 76.5 Å². The molecule has 0 aromatic heterocycles. The highest BCUT2D eigenvalue weighted by molar-refractivity contribution is 7.85. The average molecular weight is 571 g/mol. The van der Waals surface area contributed by atoms with Crippen molar-refractivity contribution >= 4 is 34.3 Å². The summed E-state index contributed by atoms with van der Waals surface area (Å²) < 4.78 is 52.5. The molecule has 2 aromatic carbocycles. The molecule has 0 radical (unpaired) electrons. The van der Waals surface area contributed by atoms with Crippen molar-refractivity contribution < 1.29 is 31.8 Å². The van der Waals surface area contributed by atoms with Crippen LogP contribution in [-0.2, 0) is 21.8 Å². The van der Waals surface area contributed by atoms with Gasteiger partial charge in [-0.3, -0.25) is 13.9 Å². The molecule has 0 bridgehead atoms. The summed E-state index contributed by atoms with van der Waals surface area (Å²) in [5, 5.41) is 12.1. The number of nitrogens with zero attached hydrogens (tertiary/aromatic N) is 3. The number of amides is 4. The van der Waals surface area contributed by atoms with Crippen LogP contribution in [0.15, 0.2) is 59.8 Å². The van der Waals surface area contributed by atoms with Crippen LogP contribution in [0.3, 0.4) is 0 Å². The van der Waals surface area contributed by atoms with E-state index in [1.807, 2.05) is 6.07 Å². The van der Waals surface area contributed by atoms with Gasteiger partial charge in [-0.15, -0.1) is 0 Å². The lowest BCUT2D eigenvalue weighted by atomic mass is 9.83. The molecule has 1 atom stereocenters. The molecule has 1 saturated heterocycles. The second-order valence-electron chi connectivity index (χ2n) is 9.88. The number of rotatable bonds is 3. The third kappa shape index (κ3) is 5.25. The molecule has 1 N–H and O–H groups in total. The van der Waals surface area contributed by atoms with Crippen molar-refractivity contribution in [2.45, 2.75) is 50.4 Å². The predicted molar refractivity (Wildman–Crippen MR) is 140 cm³/mol. The highest BCUT2D eigenvalue weighted by Gasteiger charge is 2.48. The Morgan fingerprint density at radius 3 is 2.40 bits per heavy atom.